The van der Waals surface area contributed by atoms with Gasteiger partial charge in [-0.15, -0.1) is 0 Å². The van der Waals surface area contributed by atoms with E-state index in [9.17, 15) is 13.6 Å². The fraction of sp³-hybridized carbons (Fsp3) is 0.240. The zero-order chi connectivity index (χ0) is 22.2. The second-order valence-electron chi connectivity index (χ2n) is 7.50. The Labute approximate surface area is 186 Å². The number of aryl methyl sites for hydroxylation is 1. The van der Waals surface area contributed by atoms with Crippen molar-refractivity contribution in [3.8, 4) is 0 Å². The lowest BCUT2D eigenvalue weighted by Gasteiger charge is -2.18. The van der Waals surface area contributed by atoms with Gasteiger partial charge in [-0.3, -0.25) is 0 Å². The highest BCUT2D eigenvalue weighted by Crippen LogP contribution is 2.30. The van der Waals surface area contributed by atoms with E-state index in [1.807, 2.05) is 13.0 Å². The molecule has 0 fully saturated rings. The summed E-state index contributed by atoms with van der Waals surface area (Å²) in [4.78, 5) is 12.1. The van der Waals surface area contributed by atoms with Crippen molar-refractivity contribution in [2.75, 3.05) is 11.9 Å². The van der Waals surface area contributed by atoms with Crippen molar-refractivity contribution < 1.29 is 13.6 Å². The Balaban J connectivity index is 1.51. The molecule has 31 heavy (non-hydrogen) atoms. The van der Waals surface area contributed by atoms with E-state index >= 15 is 0 Å². The lowest BCUT2D eigenvalue weighted by atomic mass is 9.87. The number of amides is 2. The molecule has 0 atom stereocenters. The van der Waals surface area contributed by atoms with Crippen LogP contribution in [0.3, 0.4) is 0 Å². The number of rotatable bonds is 8. The van der Waals surface area contributed by atoms with Gasteiger partial charge in [0.05, 0.1) is 0 Å². The van der Waals surface area contributed by atoms with Crippen LogP contribution < -0.4 is 10.6 Å². The molecule has 0 saturated carbocycles. The lowest BCUT2D eigenvalue weighted by Crippen LogP contribution is -2.29. The maximum absolute atomic E-state index is 13.3. The monoisotopic (exact) mass is 442 g/mol. The second-order valence-corrected chi connectivity index (χ2v) is 7.90. The molecule has 0 aliphatic rings. The van der Waals surface area contributed by atoms with Gasteiger partial charge in [0, 0.05) is 23.2 Å². The average molecular weight is 443 g/mol. The molecule has 0 saturated heterocycles. The summed E-state index contributed by atoms with van der Waals surface area (Å²) in [7, 11) is 0. The van der Waals surface area contributed by atoms with Crippen molar-refractivity contribution >= 4 is 23.3 Å². The molecule has 3 nitrogen and oxygen atoms in total. The van der Waals surface area contributed by atoms with Gasteiger partial charge < -0.3 is 10.6 Å². The second kappa shape index (κ2) is 10.9. The topological polar surface area (TPSA) is 41.1 Å². The van der Waals surface area contributed by atoms with Gasteiger partial charge in [-0.25, -0.2) is 13.6 Å². The Bertz CT molecular complexity index is 962. The van der Waals surface area contributed by atoms with E-state index in [2.05, 4.69) is 10.6 Å². The van der Waals surface area contributed by atoms with Crippen LogP contribution in [0.25, 0.3) is 0 Å². The molecule has 2 N–H and O–H groups in total. The molecule has 0 aliphatic carbocycles. The van der Waals surface area contributed by atoms with Crippen molar-refractivity contribution in [2.45, 2.75) is 32.1 Å². The van der Waals surface area contributed by atoms with Crippen LogP contribution in [0, 0.1) is 18.6 Å². The van der Waals surface area contributed by atoms with Crippen molar-refractivity contribution in [1.82, 2.24) is 5.32 Å². The maximum atomic E-state index is 13.3. The standard InChI is InChI=1S/C25H25ClF2N2O/c1-17-5-14-22(16-24(17)26)30-25(31)29-15-3-2-4-23(18-6-10-20(27)11-7-18)19-8-12-21(28)13-9-19/h5-14,16,23H,2-4,15H2,1H3,(H2,29,30,31). The first-order valence-electron chi connectivity index (χ1n) is 10.2. The van der Waals surface area contributed by atoms with E-state index in [1.54, 1.807) is 36.4 Å². The van der Waals surface area contributed by atoms with Crippen molar-refractivity contribution in [3.63, 3.8) is 0 Å². The molecule has 0 heterocycles. The number of urea groups is 1. The van der Waals surface area contributed by atoms with Crippen LogP contribution in [0.5, 0.6) is 0 Å². The molecule has 2 amide bonds. The highest BCUT2D eigenvalue weighted by atomic mass is 35.5. The summed E-state index contributed by atoms with van der Waals surface area (Å²) in [5.41, 5.74) is 3.55. The first kappa shape index (κ1) is 22.8. The van der Waals surface area contributed by atoms with Gasteiger partial charge in [0.1, 0.15) is 11.6 Å². The number of anilines is 1. The van der Waals surface area contributed by atoms with E-state index in [0.29, 0.717) is 17.3 Å². The summed E-state index contributed by atoms with van der Waals surface area (Å²) < 4.78 is 26.7. The van der Waals surface area contributed by atoms with Gasteiger partial charge in [0.15, 0.2) is 0 Å². The highest BCUT2D eigenvalue weighted by Gasteiger charge is 2.14. The fourth-order valence-electron chi connectivity index (χ4n) is 3.44. The number of nitrogens with one attached hydrogen (secondary N) is 2. The summed E-state index contributed by atoms with van der Waals surface area (Å²) in [6.07, 6.45) is 2.42. The molecule has 162 valence electrons. The van der Waals surface area contributed by atoms with Gasteiger partial charge in [-0.2, -0.15) is 0 Å². The van der Waals surface area contributed by atoms with E-state index in [4.69, 9.17) is 11.6 Å². The Morgan fingerprint density at radius 2 is 1.48 bits per heavy atom. The van der Waals surface area contributed by atoms with Crippen LogP contribution in [-0.4, -0.2) is 12.6 Å². The third-order valence-corrected chi connectivity index (χ3v) is 5.59. The van der Waals surface area contributed by atoms with Crippen LogP contribution in [-0.2, 0) is 0 Å². The SMILES string of the molecule is Cc1ccc(NC(=O)NCCCCC(c2ccc(F)cc2)c2ccc(F)cc2)cc1Cl. The van der Waals surface area contributed by atoms with Crippen LogP contribution in [0.2, 0.25) is 5.02 Å². The number of halogens is 3. The lowest BCUT2D eigenvalue weighted by molar-refractivity contribution is 0.252. The number of carbonyl (C=O) groups excluding carboxylic acids is 1. The smallest absolute Gasteiger partial charge is 0.319 e. The van der Waals surface area contributed by atoms with Gasteiger partial charge in [-0.1, -0.05) is 48.4 Å². The maximum Gasteiger partial charge on any atom is 0.319 e. The van der Waals surface area contributed by atoms with Gasteiger partial charge >= 0.3 is 6.03 Å². The average Bonchev–Trinajstić information content (AvgIpc) is 2.75. The normalized spacial score (nSPS) is 10.9. The minimum Gasteiger partial charge on any atom is -0.338 e. The van der Waals surface area contributed by atoms with Crippen LogP contribution in [0.1, 0.15) is 41.9 Å². The summed E-state index contributed by atoms with van der Waals surface area (Å²) in [5, 5.41) is 6.21. The minimum atomic E-state index is -0.285. The quantitative estimate of drug-likeness (QED) is 0.360. The predicted molar refractivity (Wildman–Crippen MR) is 122 cm³/mol. The summed E-state index contributed by atoms with van der Waals surface area (Å²) >= 11 is 6.08. The fourth-order valence-corrected chi connectivity index (χ4v) is 3.62. The van der Waals surface area contributed by atoms with E-state index in [0.717, 1.165) is 36.0 Å². The largest absolute Gasteiger partial charge is 0.338 e. The Morgan fingerprint density at radius 3 is 2.03 bits per heavy atom. The number of benzene rings is 3. The molecule has 3 aromatic carbocycles. The van der Waals surface area contributed by atoms with E-state index < -0.39 is 0 Å². The number of unbranched alkanes of at least 4 members (excludes halogenated alkanes) is 1. The molecular weight excluding hydrogens is 418 g/mol. The predicted octanol–water partition coefficient (Wildman–Crippen LogP) is 7.05. The number of hydrogen-bond acceptors (Lipinski definition) is 1. The Kier molecular flexibility index (Phi) is 8.01. The molecule has 0 radical (unpaired) electrons. The third kappa shape index (κ3) is 6.79. The van der Waals surface area contributed by atoms with Crippen molar-refractivity contribution in [1.29, 1.82) is 0 Å². The van der Waals surface area contributed by atoms with Crippen LogP contribution in [0.4, 0.5) is 19.3 Å². The highest BCUT2D eigenvalue weighted by molar-refractivity contribution is 6.31. The molecule has 3 rings (SSSR count). The van der Waals surface area contributed by atoms with Gasteiger partial charge in [0.25, 0.3) is 0 Å². The van der Waals surface area contributed by atoms with E-state index in [-0.39, 0.29) is 23.6 Å². The molecule has 0 unspecified atom stereocenters. The van der Waals surface area contributed by atoms with Gasteiger partial charge in [-0.05, 0) is 72.9 Å². The molecular formula is C25H25ClF2N2O. The minimum absolute atomic E-state index is 0.0322. The summed E-state index contributed by atoms with van der Waals surface area (Å²) in [5.74, 6) is -0.539. The number of hydrogen-bond donors (Lipinski definition) is 2. The molecule has 6 heteroatoms. The molecule has 0 aliphatic heterocycles. The van der Waals surface area contributed by atoms with Crippen LogP contribution in [0.15, 0.2) is 66.7 Å². The molecule has 0 aromatic heterocycles. The first-order valence-corrected chi connectivity index (χ1v) is 10.6. The molecule has 0 spiro atoms. The Morgan fingerprint density at radius 1 is 0.903 bits per heavy atom. The zero-order valence-electron chi connectivity index (χ0n) is 17.3. The summed E-state index contributed by atoms with van der Waals surface area (Å²) in [6.45, 7) is 2.42. The first-order chi connectivity index (χ1) is 14.9. The molecule has 3 aromatic rings. The van der Waals surface area contributed by atoms with Crippen LogP contribution >= 0.6 is 11.6 Å². The van der Waals surface area contributed by atoms with Gasteiger partial charge in [0.2, 0.25) is 0 Å². The summed E-state index contributed by atoms with van der Waals surface area (Å²) in [6, 6.07) is 17.9. The number of carbonyl (C=O) groups is 1. The zero-order valence-corrected chi connectivity index (χ0v) is 18.1. The van der Waals surface area contributed by atoms with Crippen molar-refractivity contribution in [2.24, 2.45) is 0 Å². The van der Waals surface area contributed by atoms with E-state index in [1.165, 1.54) is 24.3 Å². The molecule has 0 bridgehead atoms. The Hall–Kier alpha value is -2.92. The van der Waals surface area contributed by atoms with Crippen molar-refractivity contribution in [3.05, 3.63) is 100 Å². The third-order valence-electron chi connectivity index (χ3n) is 5.18.